The molecule has 486 valence electrons. The molecule has 0 aromatic rings. The molecule has 26 nitrogen and oxygen atoms in total. The molecule has 0 amide bonds. The van der Waals surface area contributed by atoms with Gasteiger partial charge in [0.2, 0.25) is 6.29 Å². The maximum absolute atomic E-state index is 15.5. The van der Waals surface area contributed by atoms with Gasteiger partial charge in [-0.25, -0.2) is 0 Å². The molecule has 4 saturated carbocycles. The lowest BCUT2D eigenvalue weighted by Gasteiger charge is -2.71. The molecular formula is C59H94O26. The van der Waals surface area contributed by atoms with Crippen LogP contribution in [0.1, 0.15) is 120 Å². The van der Waals surface area contributed by atoms with Crippen LogP contribution in [0, 0.1) is 50.2 Å². The number of hydrogen-bond donors (Lipinski definition) is 14. The first kappa shape index (κ1) is 65.9. The molecule has 33 atom stereocenters. The van der Waals surface area contributed by atoms with Crippen molar-refractivity contribution in [2.24, 2.45) is 50.2 Å². The predicted octanol–water partition coefficient (Wildman–Crippen LogP) is -2.34. The Kier molecular flexibility index (Phi) is 18.8. The number of allylic oxidation sites excluding steroid dienone is 2. The van der Waals surface area contributed by atoms with Crippen LogP contribution < -0.4 is 0 Å². The van der Waals surface area contributed by atoms with Gasteiger partial charge in [-0.05, 0) is 117 Å². The van der Waals surface area contributed by atoms with Crippen molar-refractivity contribution in [3.8, 4) is 0 Å². The van der Waals surface area contributed by atoms with E-state index in [9.17, 15) is 76.3 Å². The minimum atomic E-state index is -1.88. The highest BCUT2D eigenvalue weighted by atomic mass is 16.8. The lowest BCUT2D eigenvalue weighted by atomic mass is 9.33. The average molecular weight is 1220 g/mol. The minimum Gasteiger partial charge on any atom is -0.432 e. The quantitative estimate of drug-likeness (QED) is 0.0398. The van der Waals surface area contributed by atoms with Gasteiger partial charge in [-0.2, -0.15) is 0 Å². The summed E-state index contributed by atoms with van der Waals surface area (Å²) in [6.07, 6.45) is -30.1. The number of rotatable bonds is 13. The molecule has 0 aromatic carbocycles. The second-order valence-corrected chi connectivity index (χ2v) is 28.3. The van der Waals surface area contributed by atoms with Crippen molar-refractivity contribution in [2.75, 3.05) is 19.8 Å². The maximum atomic E-state index is 15.5. The first-order valence-corrected chi connectivity index (χ1v) is 30.5. The Bertz CT molecular complexity index is 2400. The zero-order chi connectivity index (χ0) is 62.0. The molecule has 26 heteroatoms. The molecule has 0 aromatic heterocycles. The van der Waals surface area contributed by atoms with Crippen molar-refractivity contribution in [1.29, 1.82) is 0 Å². The van der Waals surface area contributed by atoms with E-state index < -0.39 is 194 Å². The summed E-state index contributed by atoms with van der Waals surface area (Å²) < 4.78 is 60.2. The molecule has 5 aliphatic carbocycles. The van der Waals surface area contributed by atoms with Crippen LogP contribution in [0.4, 0.5) is 0 Å². The maximum Gasteiger partial charge on any atom is 0.315 e. The molecule has 1 unspecified atom stereocenters. The van der Waals surface area contributed by atoms with Crippen molar-refractivity contribution >= 4 is 12.3 Å². The van der Waals surface area contributed by atoms with Gasteiger partial charge in [0, 0.05) is 0 Å². The topological polar surface area (TPSA) is 410 Å². The highest BCUT2D eigenvalue weighted by Crippen LogP contribution is 2.76. The number of fused-ring (bicyclic) bond motifs is 7. The third-order valence-corrected chi connectivity index (χ3v) is 23.0. The molecule has 10 rings (SSSR count). The lowest BCUT2D eigenvalue weighted by Crippen LogP contribution is -2.67. The monoisotopic (exact) mass is 1220 g/mol. The second-order valence-electron chi connectivity index (χ2n) is 28.3. The second kappa shape index (κ2) is 24.2. The van der Waals surface area contributed by atoms with Crippen LogP contribution in [-0.2, 0) is 57.0 Å². The Balaban J connectivity index is 0.878. The summed E-state index contributed by atoms with van der Waals surface area (Å²) in [5, 5.41) is 151. The van der Waals surface area contributed by atoms with E-state index in [1.807, 2.05) is 6.92 Å². The van der Waals surface area contributed by atoms with Gasteiger partial charge in [0.25, 0.3) is 0 Å². The van der Waals surface area contributed by atoms with E-state index in [0.717, 1.165) is 11.9 Å². The molecule has 10 aliphatic rings. The fourth-order valence-electron chi connectivity index (χ4n) is 17.5. The molecule has 0 spiro atoms. The van der Waals surface area contributed by atoms with Gasteiger partial charge in [-0.1, -0.05) is 53.2 Å². The summed E-state index contributed by atoms with van der Waals surface area (Å²) in [5.41, 5.74) is -2.53. The molecular weight excluding hydrogens is 1120 g/mol. The van der Waals surface area contributed by atoms with Crippen LogP contribution >= 0.6 is 0 Å². The number of hydrogen-bond acceptors (Lipinski definition) is 26. The lowest BCUT2D eigenvalue weighted by molar-refractivity contribution is -0.377. The van der Waals surface area contributed by atoms with Gasteiger partial charge in [-0.3, -0.25) is 4.79 Å². The molecule has 5 aliphatic heterocycles. The van der Waals surface area contributed by atoms with Crippen LogP contribution in [0.3, 0.4) is 0 Å². The molecule has 85 heavy (non-hydrogen) atoms. The number of esters is 1. The van der Waals surface area contributed by atoms with Gasteiger partial charge in [-0.15, -0.1) is 0 Å². The number of carbonyl (C=O) groups excluding carboxylic acids is 2. The number of aldehydes is 1. The van der Waals surface area contributed by atoms with E-state index in [-0.39, 0.29) is 35.2 Å². The SMILES string of the molecule is C[C@@H]1O[C@@H](O[C@H]2[C@H](OC(=O)[C@]34CCC(C)(C)C[C@H]3C3=CCC5[C@@]6(C)CC[C@H](O[C@@H]7O[C@H](CO)[C@@H](O)[C@H](O)[C@H]7O[C@@H]7O[C@H](CO)[C@H](O)[C@H](O)[C@H]7O)[C@@](C)(C=O)[C@@H]6CC[C@@]5(C)[C@]3(C)CC4)O[C@H](C)[C@H](O)[C@@H]2O)[C@H](O)[C@H](O)[C@H]1O[C@@H]1OC[C@@H](O)[C@H](O)[C@H]1O. The Morgan fingerprint density at radius 1 is 0.565 bits per heavy atom. The summed E-state index contributed by atoms with van der Waals surface area (Å²) in [7, 11) is 0. The van der Waals surface area contributed by atoms with E-state index >= 15 is 4.79 Å². The average Bonchev–Trinajstić information content (AvgIpc) is 0.697. The van der Waals surface area contributed by atoms with E-state index in [1.165, 1.54) is 13.8 Å². The number of aliphatic hydroxyl groups excluding tert-OH is 14. The minimum absolute atomic E-state index is 0.0326. The summed E-state index contributed by atoms with van der Waals surface area (Å²) >= 11 is 0. The Morgan fingerprint density at radius 3 is 1.78 bits per heavy atom. The third-order valence-electron chi connectivity index (χ3n) is 23.0. The van der Waals surface area contributed by atoms with Crippen LogP contribution in [0.25, 0.3) is 0 Å². The molecule has 14 N–H and O–H groups in total. The zero-order valence-electron chi connectivity index (χ0n) is 49.7. The molecule has 9 fully saturated rings. The predicted molar refractivity (Wildman–Crippen MR) is 287 cm³/mol. The van der Waals surface area contributed by atoms with E-state index in [4.69, 9.17) is 47.4 Å². The van der Waals surface area contributed by atoms with Gasteiger partial charge in [0.05, 0.1) is 49.0 Å². The van der Waals surface area contributed by atoms with Gasteiger partial charge >= 0.3 is 5.97 Å². The Hall–Kier alpha value is -2.04. The first-order valence-electron chi connectivity index (χ1n) is 30.5. The molecule has 0 radical (unpaired) electrons. The van der Waals surface area contributed by atoms with E-state index in [2.05, 4.69) is 40.7 Å². The van der Waals surface area contributed by atoms with Crippen molar-refractivity contribution in [2.45, 2.75) is 273 Å². The summed E-state index contributed by atoms with van der Waals surface area (Å²) in [4.78, 5) is 29.4. The highest BCUT2D eigenvalue weighted by molar-refractivity contribution is 5.79. The number of aliphatic hydroxyl groups is 14. The number of ether oxygens (including phenoxy) is 10. The summed E-state index contributed by atoms with van der Waals surface area (Å²) in [6.45, 7) is 14.2. The molecule has 5 heterocycles. The smallest absolute Gasteiger partial charge is 0.315 e. The molecule has 5 saturated heterocycles. The van der Waals surface area contributed by atoms with Crippen LogP contribution in [-0.4, -0.2) is 257 Å². The Morgan fingerprint density at radius 2 is 1.12 bits per heavy atom. The molecule has 0 bridgehead atoms. The fraction of sp³-hybridized carbons (Fsp3) is 0.932. The van der Waals surface area contributed by atoms with Gasteiger partial charge in [0.15, 0.2) is 31.3 Å². The van der Waals surface area contributed by atoms with E-state index in [0.29, 0.717) is 64.2 Å². The number of carbonyl (C=O) groups is 2. The first-order chi connectivity index (χ1) is 39.9. The van der Waals surface area contributed by atoms with Crippen LogP contribution in [0.5, 0.6) is 0 Å². The Labute approximate surface area is 494 Å². The van der Waals surface area contributed by atoms with Crippen molar-refractivity contribution in [3.05, 3.63) is 11.6 Å². The van der Waals surface area contributed by atoms with Crippen LogP contribution in [0.15, 0.2) is 11.6 Å². The van der Waals surface area contributed by atoms with Crippen molar-refractivity contribution in [3.63, 3.8) is 0 Å². The van der Waals surface area contributed by atoms with Crippen molar-refractivity contribution < 1.29 is 128 Å². The highest BCUT2D eigenvalue weighted by Gasteiger charge is 2.71. The van der Waals surface area contributed by atoms with E-state index in [1.54, 1.807) is 0 Å². The van der Waals surface area contributed by atoms with Gasteiger partial charge in [0.1, 0.15) is 104 Å². The summed E-state index contributed by atoms with van der Waals surface area (Å²) in [5.74, 6) is -1.10. The van der Waals surface area contributed by atoms with Crippen LogP contribution in [0.2, 0.25) is 0 Å². The summed E-state index contributed by atoms with van der Waals surface area (Å²) in [6, 6.07) is 0. The normalized spacial score (nSPS) is 55.2. The van der Waals surface area contributed by atoms with Gasteiger partial charge < -0.3 is 124 Å². The third kappa shape index (κ3) is 10.9. The van der Waals surface area contributed by atoms with Crippen molar-refractivity contribution in [1.82, 2.24) is 0 Å². The largest absolute Gasteiger partial charge is 0.432 e. The fourth-order valence-corrected chi connectivity index (χ4v) is 17.5. The standard InChI is InChI=1S/C59H94O26/c1-24-34(64)39(69)46(83-49-44(74)41(71)45(25(2)78-49)82-48-42(72)35(65)28(63)22-76-48)51(77-24)85-53(75)59-17-15-54(3,4)19-27(59)26-9-10-32-55(5)13-12-33(56(6,23-62)31(55)11-14-58(32,8)57(26,7)16-18-59)81-52-47(40(70)37(67)30(21-61)80-52)84-50-43(73)38(68)36(66)29(20-60)79-50/h9,23-25,27-52,60-61,63-74H,10-22H2,1-8H3/t24-,25+,27+,28-,29-,30-,31-,32?,33+,34+,35+,36+,37-,38+,39+,40+,41+,42-,43-,44-,45+,46-,47-,48+,49+,50+,51+,52+,55+,56+,57-,58-,59+/m1/s1. The zero-order valence-corrected chi connectivity index (χ0v) is 49.7.